The Balaban J connectivity index is 0.00000225. The SMILES string of the molecule is C[C@H](NS(=O)(=O)C1CCNCC1)c1ccc(-n2cc(F)cn2)nc1.Cl. The Bertz CT molecular complexity index is 791. The number of piperidine rings is 1. The molecule has 0 radical (unpaired) electrons. The Hall–Kier alpha value is -1.55. The molecule has 0 bridgehead atoms. The van der Waals surface area contributed by atoms with Gasteiger partial charge in [-0.2, -0.15) is 5.10 Å². The van der Waals surface area contributed by atoms with Gasteiger partial charge in [0.2, 0.25) is 10.0 Å². The lowest BCUT2D eigenvalue weighted by Gasteiger charge is -2.25. The van der Waals surface area contributed by atoms with Crippen molar-refractivity contribution >= 4 is 22.4 Å². The van der Waals surface area contributed by atoms with Crippen LogP contribution in [0.2, 0.25) is 0 Å². The van der Waals surface area contributed by atoms with Crippen molar-refractivity contribution in [1.82, 2.24) is 24.8 Å². The maximum atomic E-state index is 13.0. The number of aromatic nitrogens is 3. The molecule has 1 aliphatic rings. The standard InChI is InChI=1S/C15H20FN5O2S.ClH/c1-11(20-24(22,23)14-4-6-17-7-5-14)12-2-3-15(18-8-12)21-10-13(16)9-19-21;/h2-3,8-11,14,17,20H,4-7H2,1H3;1H/t11-;/m0./s1. The second kappa shape index (κ2) is 8.22. The monoisotopic (exact) mass is 389 g/mol. The van der Waals surface area contributed by atoms with Gasteiger partial charge in [-0.15, -0.1) is 12.4 Å². The first-order chi connectivity index (χ1) is 11.5. The van der Waals surface area contributed by atoms with Crippen LogP contribution in [0.3, 0.4) is 0 Å². The third-order valence-corrected chi connectivity index (χ3v) is 6.15. The summed E-state index contributed by atoms with van der Waals surface area (Å²) in [4.78, 5) is 4.21. The van der Waals surface area contributed by atoms with Crippen molar-refractivity contribution in [3.8, 4) is 5.82 Å². The van der Waals surface area contributed by atoms with Crippen molar-refractivity contribution in [2.45, 2.75) is 31.1 Å². The van der Waals surface area contributed by atoms with Crippen LogP contribution in [-0.4, -0.2) is 41.5 Å². The van der Waals surface area contributed by atoms with Gasteiger partial charge in [0, 0.05) is 12.2 Å². The molecule has 25 heavy (non-hydrogen) atoms. The highest BCUT2D eigenvalue weighted by atomic mass is 35.5. The molecular weight excluding hydrogens is 369 g/mol. The fraction of sp³-hybridized carbons (Fsp3) is 0.467. The predicted molar refractivity (Wildman–Crippen MR) is 94.9 cm³/mol. The van der Waals surface area contributed by atoms with E-state index in [9.17, 15) is 12.8 Å². The summed E-state index contributed by atoms with van der Waals surface area (Å²) in [6.45, 7) is 3.22. The van der Waals surface area contributed by atoms with Crippen LogP contribution in [-0.2, 0) is 10.0 Å². The Labute approximate surface area is 152 Å². The van der Waals surface area contributed by atoms with E-state index in [2.05, 4.69) is 20.1 Å². The number of pyridine rings is 1. The molecule has 0 spiro atoms. The number of hydrogen-bond donors (Lipinski definition) is 2. The van der Waals surface area contributed by atoms with Gasteiger partial charge in [0.25, 0.3) is 0 Å². The maximum Gasteiger partial charge on any atom is 0.215 e. The molecule has 0 unspecified atom stereocenters. The van der Waals surface area contributed by atoms with Crippen molar-refractivity contribution < 1.29 is 12.8 Å². The number of sulfonamides is 1. The van der Waals surface area contributed by atoms with E-state index in [0.29, 0.717) is 18.7 Å². The van der Waals surface area contributed by atoms with Gasteiger partial charge in [-0.05, 0) is 44.5 Å². The first kappa shape index (κ1) is 19.8. The molecule has 0 amide bonds. The zero-order valence-electron chi connectivity index (χ0n) is 13.7. The van der Waals surface area contributed by atoms with E-state index < -0.39 is 15.8 Å². The largest absolute Gasteiger partial charge is 0.317 e. The van der Waals surface area contributed by atoms with E-state index in [1.165, 1.54) is 10.9 Å². The molecule has 1 atom stereocenters. The highest BCUT2D eigenvalue weighted by Crippen LogP contribution is 2.18. The topological polar surface area (TPSA) is 88.9 Å². The summed E-state index contributed by atoms with van der Waals surface area (Å²) in [5.74, 6) is 0.0278. The van der Waals surface area contributed by atoms with E-state index in [1.54, 1.807) is 25.3 Å². The van der Waals surface area contributed by atoms with Gasteiger partial charge in [0.15, 0.2) is 11.6 Å². The number of rotatable bonds is 5. The van der Waals surface area contributed by atoms with Crippen molar-refractivity contribution in [1.29, 1.82) is 0 Å². The van der Waals surface area contributed by atoms with Crippen molar-refractivity contribution in [3.05, 3.63) is 42.1 Å². The first-order valence-electron chi connectivity index (χ1n) is 7.84. The minimum atomic E-state index is -3.37. The summed E-state index contributed by atoms with van der Waals surface area (Å²) in [5.41, 5.74) is 0.740. The predicted octanol–water partition coefficient (Wildman–Crippen LogP) is 1.56. The van der Waals surface area contributed by atoms with E-state index in [4.69, 9.17) is 0 Å². The fourth-order valence-electron chi connectivity index (χ4n) is 2.73. The molecule has 0 aliphatic carbocycles. The van der Waals surface area contributed by atoms with Gasteiger partial charge >= 0.3 is 0 Å². The summed E-state index contributed by atoms with van der Waals surface area (Å²) >= 11 is 0. The number of nitrogens with one attached hydrogen (secondary N) is 2. The van der Waals surface area contributed by atoms with Gasteiger partial charge < -0.3 is 5.32 Å². The van der Waals surface area contributed by atoms with Crippen LogP contribution in [0.4, 0.5) is 4.39 Å². The van der Waals surface area contributed by atoms with Crippen molar-refractivity contribution in [2.75, 3.05) is 13.1 Å². The number of hydrogen-bond acceptors (Lipinski definition) is 5. The summed E-state index contributed by atoms with van der Waals surface area (Å²) in [6, 6.07) is 3.05. The Morgan fingerprint density at radius 2 is 2.04 bits per heavy atom. The quantitative estimate of drug-likeness (QED) is 0.810. The molecule has 1 fully saturated rings. The zero-order valence-corrected chi connectivity index (χ0v) is 15.4. The molecule has 3 rings (SSSR count). The number of nitrogens with zero attached hydrogens (tertiary/aromatic N) is 3. The second-order valence-corrected chi connectivity index (χ2v) is 7.88. The molecule has 2 aromatic rings. The Morgan fingerprint density at radius 3 is 2.60 bits per heavy atom. The van der Waals surface area contributed by atoms with Gasteiger partial charge in [0.05, 0.1) is 17.6 Å². The molecular formula is C15H21ClFN5O2S. The van der Waals surface area contributed by atoms with Gasteiger partial charge in [0.1, 0.15) is 0 Å². The van der Waals surface area contributed by atoms with Crippen molar-refractivity contribution in [2.24, 2.45) is 0 Å². The minimum absolute atomic E-state index is 0. The molecule has 2 N–H and O–H groups in total. The highest BCUT2D eigenvalue weighted by Gasteiger charge is 2.28. The molecule has 7 nitrogen and oxygen atoms in total. The molecule has 2 aromatic heterocycles. The number of halogens is 2. The Morgan fingerprint density at radius 1 is 1.32 bits per heavy atom. The molecule has 1 aliphatic heterocycles. The average Bonchev–Trinajstić information content (AvgIpc) is 3.02. The van der Waals surface area contributed by atoms with E-state index in [-0.39, 0.29) is 23.7 Å². The normalized spacial score (nSPS) is 17.0. The van der Waals surface area contributed by atoms with Crippen LogP contribution in [0.15, 0.2) is 30.7 Å². The van der Waals surface area contributed by atoms with Gasteiger partial charge in [-0.3, -0.25) is 0 Å². The first-order valence-corrected chi connectivity index (χ1v) is 9.39. The lowest BCUT2D eigenvalue weighted by atomic mass is 10.1. The molecule has 1 saturated heterocycles. The fourth-order valence-corrected chi connectivity index (χ4v) is 4.41. The molecule has 3 heterocycles. The second-order valence-electron chi connectivity index (χ2n) is 5.89. The lowest BCUT2D eigenvalue weighted by molar-refractivity contribution is 0.484. The van der Waals surface area contributed by atoms with Crippen LogP contribution in [0.25, 0.3) is 5.82 Å². The third kappa shape index (κ3) is 4.75. The summed E-state index contributed by atoms with van der Waals surface area (Å²) in [6.07, 6.45) is 5.13. The summed E-state index contributed by atoms with van der Waals surface area (Å²) in [5, 5.41) is 6.64. The minimum Gasteiger partial charge on any atom is -0.317 e. The maximum absolute atomic E-state index is 13.0. The molecule has 0 aromatic carbocycles. The third-order valence-electron chi connectivity index (χ3n) is 4.12. The van der Waals surface area contributed by atoms with Crippen LogP contribution < -0.4 is 10.0 Å². The van der Waals surface area contributed by atoms with Crippen molar-refractivity contribution in [3.63, 3.8) is 0 Å². The van der Waals surface area contributed by atoms with E-state index in [1.807, 2.05) is 0 Å². The smallest absolute Gasteiger partial charge is 0.215 e. The zero-order chi connectivity index (χ0) is 17.2. The van der Waals surface area contributed by atoms with Gasteiger partial charge in [-0.1, -0.05) is 6.07 Å². The van der Waals surface area contributed by atoms with Crippen LogP contribution >= 0.6 is 12.4 Å². The highest BCUT2D eigenvalue weighted by molar-refractivity contribution is 7.90. The van der Waals surface area contributed by atoms with Crippen LogP contribution in [0.1, 0.15) is 31.4 Å². The summed E-state index contributed by atoms with van der Waals surface area (Å²) < 4.78 is 41.9. The van der Waals surface area contributed by atoms with E-state index in [0.717, 1.165) is 24.8 Å². The van der Waals surface area contributed by atoms with Crippen LogP contribution in [0.5, 0.6) is 0 Å². The Kier molecular flexibility index (Phi) is 6.50. The molecule has 138 valence electrons. The van der Waals surface area contributed by atoms with Gasteiger partial charge in [-0.25, -0.2) is 27.2 Å². The molecule has 0 saturated carbocycles. The van der Waals surface area contributed by atoms with Crippen LogP contribution in [0, 0.1) is 5.82 Å². The molecule has 10 heteroatoms. The average molecular weight is 390 g/mol. The lowest BCUT2D eigenvalue weighted by Crippen LogP contribution is -2.42. The van der Waals surface area contributed by atoms with E-state index >= 15 is 0 Å². The summed E-state index contributed by atoms with van der Waals surface area (Å²) in [7, 11) is -3.37.